The minimum Gasteiger partial charge on any atom is -0.355 e. The molecular weight excluding hydrogens is 418 g/mol. The number of benzene rings is 2. The number of carbonyl (C=O) groups is 3. The molecule has 0 spiro atoms. The molecule has 8 nitrogen and oxygen atoms in total. The lowest BCUT2D eigenvalue weighted by molar-refractivity contribution is -0.119. The molecule has 0 aromatic heterocycles. The smallest absolute Gasteiger partial charge is 0.257 e. The van der Waals surface area contributed by atoms with Crippen LogP contribution in [0.4, 0.5) is 11.4 Å². The third-order valence-electron chi connectivity index (χ3n) is 5.85. The third-order valence-corrected chi connectivity index (χ3v) is 5.85. The Bertz CT molecular complexity index is 1130. The minimum absolute atomic E-state index is 0.0757. The number of carbonyl (C=O) groups excluding carboxylic acids is 3. The molecule has 0 saturated heterocycles. The van der Waals surface area contributed by atoms with E-state index in [0.717, 1.165) is 29.8 Å². The van der Waals surface area contributed by atoms with Gasteiger partial charge in [-0.1, -0.05) is 19.9 Å². The molecule has 4 rings (SSSR count). The fourth-order valence-electron chi connectivity index (χ4n) is 3.60. The number of nitrogens with zero attached hydrogens (tertiary/aromatic N) is 1. The lowest BCUT2D eigenvalue weighted by atomic mass is 9.98. The maximum atomic E-state index is 12.7. The summed E-state index contributed by atoms with van der Waals surface area (Å²) in [4.78, 5) is 40.9. The predicted molar refractivity (Wildman–Crippen MR) is 128 cm³/mol. The number of rotatable bonds is 6. The molecule has 1 heterocycles. The number of hydrogen-bond donors (Lipinski definition) is 4. The quantitative estimate of drug-likeness (QED) is 0.543. The Balaban J connectivity index is 1.50. The van der Waals surface area contributed by atoms with Crippen molar-refractivity contribution in [1.29, 1.82) is 0 Å². The summed E-state index contributed by atoms with van der Waals surface area (Å²) in [5.74, 6) is -0.248. The van der Waals surface area contributed by atoms with E-state index in [1.54, 1.807) is 12.1 Å². The first-order valence-corrected chi connectivity index (χ1v) is 11.2. The van der Waals surface area contributed by atoms with Crippen molar-refractivity contribution in [3.05, 3.63) is 59.2 Å². The standard InChI is InChI=1S/C25H29N5O3/c1-15(2)19-14-17(22(32)29-24-26-12-9-21(31)28-24)7-8-20(19)27-18-6-4-5-16(13-18)23(33)30-25(3)10-11-25/h4-8,13-15,27H,9-12H2,1-3H3,(H,30,33)(H2,26,28,29,31,32). The first-order chi connectivity index (χ1) is 15.7. The number of anilines is 2. The topological polar surface area (TPSA) is 112 Å². The van der Waals surface area contributed by atoms with Gasteiger partial charge in [0.05, 0.1) is 6.54 Å². The van der Waals surface area contributed by atoms with Gasteiger partial charge in [0.15, 0.2) is 0 Å². The highest BCUT2D eigenvalue weighted by Gasteiger charge is 2.38. The Morgan fingerprint density at radius 3 is 2.52 bits per heavy atom. The molecule has 2 aromatic rings. The van der Waals surface area contributed by atoms with Crippen LogP contribution in [-0.4, -0.2) is 35.8 Å². The molecule has 3 amide bonds. The second-order valence-electron chi connectivity index (χ2n) is 9.16. The van der Waals surface area contributed by atoms with E-state index in [-0.39, 0.29) is 35.1 Å². The van der Waals surface area contributed by atoms with Gasteiger partial charge < -0.3 is 10.6 Å². The van der Waals surface area contributed by atoms with Gasteiger partial charge >= 0.3 is 0 Å². The van der Waals surface area contributed by atoms with E-state index in [9.17, 15) is 14.4 Å². The van der Waals surface area contributed by atoms with Crippen LogP contribution in [0.3, 0.4) is 0 Å². The van der Waals surface area contributed by atoms with Gasteiger partial charge in [-0.05, 0) is 67.6 Å². The summed E-state index contributed by atoms with van der Waals surface area (Å²) in [6.45, 7) is 6.51. The lowest BCUT2D eigenvalue weighted by Crippen LogP contribution is -2.46. The Kier molecular flexibility index (Phi) is 6.18. The molecule has 1 aliphatic carbocycles. The highest BCUT2D eigenvalue weighted by atomic mass is 16.2. The fourth-order valence-corrected chi connectivity index (χ4v) is 3.60. The number of guanidine groups is 1. The molecule has 0 radical (unpaired) electrons. The highest BCUT2D eigenvalue weighted by molar-refractivity contribution is 6.10. The van der Waals surface area contributed by atoms with Crippen molar-refractivity contribution in [3.8, 4) is 0 Å². The van der Waals surface area contributed by atoms with Gasteiger partial charge in [0.2, 0.25) is 11.9 Å². The zero-order valence-electron chi connectivity index (χ0n) is 19.1. The molecular formula is C25H29N5O3. The average molecular weight is 448 g/mol. The second kappa shape index (κ2) is 9.05. The van der Waals surface area contributed by atoms with Crippen LogP contribution in [0.5, 0.6) is 0 Å². The van der Waals surface area contributed by atoms with Crippen molar-refractivity contribution in [1.82, 2.24) is 16.0 Å². The fraction of sp³-hybridized carbons (Fsp3) is 0.360. The Hall–Kier alpha value is -3.68. The largest absolute Gasteiger partial charge is 0.355 e. The van der Waals surface area contributed by atoms with Crippen LogP contribution in [0.15, 0.2) is 47.5 Å². The predicted octanol–water partition coefficient (Wildman–Crippen LogP) is 3.44. The molecule has 2 aromatic carbocycles. The summed E-state index contributed by atoms with van der Waals surface area (Å²) in [5.41, 5.74) is 3.60. The number of hydrogen-bond acceptors (Lipinski definition) is 5. The van der Waals surface area contributed by atoms with E-state index in [1.807, 2.05) is 44.2 Å². The maximum absolute atomic E-state index is 12.7. The Labute approximate surface area is 193 Å². The summed E-state index contributed by atoms with van der Waals surface area (Å²) in [6, 6.07) is 12.8. The van der Waals surface area contributed by atoms with Crippen LogP contribution < -0.4 is 21.3 Å². The normalized spacial score (nSPS) is 16.5. The van der Waals surface area contributed by atoms with Crippen molar-refractivity contribution >= 4 is 35.1 Å². The highest BCUT2D eigenvalue weighted by Crippen LogP contribution is 2.34. The lowest BCUT2D eigenvalue weighted by Gasteiger charge is -2.18. The zero-order valence-corrected chi connectivity index (χ0v) is 19.1. The summed E-state index contributed by atoms with van der Waals surface area (Å²) in [5, 5.41) is 11.7. The van der Waals surface area contributed by atoms with E-state index in [1.165, 1.54) is 0 Å². The first kappa shape index (κ1) is 22.5. The van der Waals surface area contributed by atoms with E-state index in [4.69, 9.17) is 0 Å². The molecule has 8 heteroatoms. The van der Waals surface area contributed by atoms with Crippen LogP contribution in [0.1, 0.15) is 72.2 Å². The zero-order chi connectivity index (χ0) is 23.6. The number of aliphatic imine (C=N–C) groups is 1. The maximum Gasteiger partial charge on any atom is 0.257 e. The molecule has 1 saturated carbocycles. The van der Waals surface area contributed by atoms with Crippen LogP contribution in [-0.2, 0) is 4.79 Å². The monoisotopic (exact) mass is 447 g/mol. The average Bonchev–Trinajstić information content (AvgIpc) is 3.50. The first-order valence-electron chi connectivity index (χ1n) is 11.2. The molecule has 1 fully saturated rings. The van der Waals surface area contributed by atoms with Gasteiger partial charge in [0.1, 0.15) is 0 Å². The molecule has 0 atom stereocenters. The van der Waals surface area contributed by atoms with E-state index in [0.29, 0.717) is 24.1 Å². The molecule has 1 aliphatic heterocycles. The van der Waals surface area contributed by atoms with E-state index < -0.39 is 0 Å². The van der Waals surface area contributed by atoms with Crippen molar-refractivity contribution in [2.45, 2.75) is 51.5 Å². The van der Waals surface area contributed by atoms with Gasteiger partial charge in [-0.2, -0.15) is 0 Å². The van der Waals surface area contributed by atoms with Crippen LogP contribution in [0.2, 0.25) is 0 Å². The summed E-state index contributed by atoms with van der Waals surface area (Å²) in [7, 11) is 0. The van der Waals surface area contributed by atoms with Gasteiger partial charge in [-0.25, -0.2) is 0 Å². The van der Waals surface area contributed by atoms with Crippen LogP contribution >= 0.6 is 0 Å². The van der Waals surface area contributed by atoms with E-state index in [2.05, 4.69) is 33.2 Å². The van der Waals surface area contributed by atoms with Crippen molar-refractivity contribution in [2.75, 3.05) is 11.9 Å². The second-order valence-corrected chi connectivity index (χ2v) is 9.16. The molecule has 172 valence electrons. The summed E-state index contributed by atoms with van der Waals surface area (Å²) < 4.78 is 0. The SMILES string of the molecule is CC(C)c1cc(C(=O)NC2=NCCC(=O)N2)ccc1Nc1cccc(C(=O)NC2(C)CC2)c1. The molecule has 2 aliphatic rings. The van der Waals surface area contributed by atoms with Crippen LogP contribution in [0, 0.1) is 0 Å². The summed E-state index contributed by atoms with van der Waals surface area (Å²) >= 11 is 0. The van der Waals surface area contributed by atoms with Crippen molar-refractivity contribution in [2.24, 2.45) is 4.99 Å². The van der Waals surface area contributed by atoms with Crippen molar-refractivity contribution < 1.29 is 14.4 Å². The van der Waals surface area contributed by atoms with Gasteiger partial charge in [-0.15, -0.1) is 0 Å². The number of amides is 3. The Morgan fingerprint density at radius 1 is 1.06 bits per heavy atom. The number of nitrogens with one attached hydrogen (secondary N) is 4. The van der Waals surface area contributed by atoms with Gasteiger partial charge in [0.25, 0.3) is 11.8 Å². The molecule has 33 heavy (non-hydrogen) atoms. The molecule has 0 bridgehead atoms. The van der Waals surface area contributed by atoms with Crippen LogP contribution in [0.25, 0.3) is 0 Å². The Morgan fingerprint density at radius 2 is 1.82 bits per heavy atom. The molecule has 4 N–H and O–H groups in total. The van der Waals surface area contributed by atoms with Crippen molar-refractivity contribution in [3.63, 3.8) is 0 Å². The summed E-state index contributed by atoms with van der Waals surface area (Å²) in [6.07, 6.45) is 2.33. The van der Waals surface area contributed by atoms with Gasteiger partial charge in [0, 0.05) is 34.5 Å². The third kappa shape index (κ3) is 5.58. The minimum atomic E-state index is -0.336. The molecule has 0 unspecified atom stereocenters. The van der Waals surface area contributed by atoms with E-state index >= 15 is 0 Å². The van der Waals surface area contributed by atoms with Gasteiger partial charge in [-0.3, -0.25) is 30.0 Å².